The number of ether oxygens (including phenoxy) is 1. The standard InChI is InChI=1S/C16H24N2O/c1-12-9-18-11-15(19-12)8-14-10-17-7-6-13-4-2-3-5-16(13)14/h2-5,12,14-15,17-18H,6-11H2,1H3. The van der Waals surface area contributed by atoms with Crippen molar-refractivity contribution in [3.05, 3.63) is 35.4 Å². The van der Waals surface area contributed by atoms with E-state index in [1.807, 2.05) is 0 Å². The van der Waals surface area contributed by atoms with E-state index in [0.29, 0.717) is 18.1 Å². The zero-order valence-electron chi connectivity index (χ0n) is 11.7. The summed E-state index contributed by atoms with van der Waals surface area (Å²) in [5, 5.41) is 7.04. The number of morpholine rings is 1. The van der Waals surface area contributed by atoms with Gasteiger partial charge < -0.3 is 15.4 Å². The number of hydrogen-bond donors (Lipinski definition) is 2. The predicted octanol–water partition coefficient (Wildman–Crippen LogP) is 1.68. The van der Waals surface area contributed by atoms with Crippen LogP contribution in [0.25, 0.3) is 0 Å². The van der Waals surface area contributed by atoms with E-state index in [1.165, 1.54) is 11.1 Å². The minimum absolute atomic E-state index is 0.340. The molecule has 19 heavy (non-hydrogen) atoms. The molecule has 3 unspecified atom stereocenters. The van der Waals surface area contributed by atoms with E-state index in [9.17, 15) is 0 Å². The van der Waals surface area contributed by atoms with Gasteiger partial charge in [0.1, 0.15) is 0 Å². The molecule has 1 saturated heterocycles. The Morgan fingerprint density at radius 3 is 2.95 bits per heavy atom. The summed E-state index contributed by atoms with van der Waals surface area (Å²) in [6, 6.07) is 8.90. The van der Waals surface area contributed by atoms with Gasteiger partial charge in [-0.25, -0.2) is 0 Å². The summed E-state index contributed by atoms with van der Waals surface area (Å²) in [6.07, 6.45) is 2.95. The van der Waals surface area contributed by atoms with Crippen molar-refractivity contribution >= 4 is 0 Å². The number of fused-ring (bicyclic) bond motifs is 1. The fraction of sp³-hybridized carbons (Fsp3) is 0.625. The molecule has 1 fully saturated rings. The van der Waals surface area contributed by atoms with Gasteiger partial charge in [0.05, 0.1) is 12.2 Å². The zero-order valence-corrected chi connectivity index (χ0v) is 11.7. The maximum Gasteiger partial charge on any atom is 0.0710 e. The zero-order chi connectivity index (χ0) is 13.1. The molecule has 0 bridgehead atoms. The molecule has 1 aromatic rings. The summed E-state index contributed by atoms with van der Waals surface area (Å²) in [5.41, 5.74) is 3.03. The lowest BCUT2D eigenvalue weighted by molar-refractivity contribution is -0.0338. The topological polar surface area (TPSA) is 33.3 Å². The van der Waals surface area contributed by atoms with E-state index in [1.54, 1.807) is 0 Å². The highest BCUT2D eigenvalue weighted by Crippen LogP contribution is 2.28. The molecule has 3 atom stereocenters. The summed E-state index contributed by atoms with van der Waals surface area (Å²) in [4.78, 5) is 0. The molecule has 2 aliphatic heterocycles. The summed E-state index contributed by atoms with van der Waals surface area (Å²) < 4.78 is 6.05. The Balaban J connectivity index is 1.73. The maximum atomic E-state index is 6.05. The Hall–Kier alpha value is -0.900. The van der Waals surface area contributed by atoms with Gasteiger partial charge in [-0.3, -0.25) is 0 Å². The van der Waals surface area contributed by atoms with Crippen molar-refractivity contribution < 1.29 is 4.74 Å². The molecule has 0 aromatic heterocycles. The van der Waals surface area contributed by atoms with Crippen molar-refractivity contribution in [1.82, 2.24) is 10.6 Å². The number of nitrogens with one attached hydrogen (secondary N) is 2. The number of hydrogen-bond acceptors (Lipinski definition) is 3. The molecule has 0 amide bonds. The van der Waals surface area contributed by atoms with Crippen LogP contribution in [0.5, 0.6) is 0 Å². The minimum atomic E-state index is 0.340. The first-order chi connectivity index (χ1) is 9.33. The van der Waals surface area contributed by atoms with Crippen LogP contribution in [0.1, 0.15) is 30.4 Å². The van der Waals surface area contributed by atoms with Crippen molar-refractivity contribution in [1.29, 1.82) is 0 Å². The summed E-state index contributed by atoms with van der Waals surface area (Å²) in [7, 11) is 0. The van der Waals surface area contributed by atoms with Crippen LogP contribution in [0, 0.1) is 0 Å². The fourth-order valence-electron chi connectivity index (χ4n) is 3.31. The van der Waals surface area contributed by atoms with E-state index in [4.69, 9.17) is 4.74 Å². The lowest BCUT2D eigenvalue weighted by Crippen LogP contribution is -2.44. The molecule has 104 valence electrons. The fourth-order valence-corrected chi connectivity index (χ4v) is 3.31. The summed E-state index contributed by atoms with van der Waals surface area (Å²) in [6.45, 7) is 6.29. The third-order valence-electron chi connectivity index (χ3n) is 4.23. The van der Waals surface area contributed by atoms with E-state index in [-0.39, 0.29) is 0 Å². The molecule has 0 saturated carbocycles. The van der Waals surface area contributed by atoms with Gasteiger partial charge in [-0.2, -0.15) is 0 Å². The molecule has 1 aromatic carbocycles. The minimum Gasteiger partial charge on any atom is -0.373 e. The van der Waals surface area contributed by atoms with Gasteiger partial charge in [0.2, 0.25) is 0 Å². The van der Waals surface area contributed by atoms with Crippen molar-refractivity contribution in [2.45, 2.75) is 37.9 Å². The molecule has 3 rings (SSSR count). The van der Waals surface area contributed by atoms with Crippen LogP contribution in [0.3, 0.4) is 0 Å². The van der Waals surface area contributed by atoms with Crippen LogP contribution in [0.15, 0.2) is 24.3 Å². The quantitative estimate of drug-likeness (QED) is 0.849. The van der Waals surface area contributed by atoms with Crippen LogP contribution < -0.4 is 10.6 Å². The van der Waals surface area contributed by atoms with Crippen LogP contribution in [-0.4, -0.2) is 38.4 Å². The molecule has 0 spiro atoms. The Morgan fingerprint density at radius 2 is 2.05 bits per heavy atom. The summed E-state index contributed by atoms with van der Waals surface area (Å²) >= 11 is 0. The molecule has 3 nitrogen and oxygen atoms in total. The van der Waals surface area contributed by atoms with Crippen LogP contribution >= 0.6 is 0 Å². The molecular formula is C16H24N2O. The van der Waals surface area contributed by atoms with Gasteiger partial charge in [-0.05, 0) is 43.4 Å². The Labute approximate surface area is 115 Å². The molecule has 3 heteroatoms. The molecular weight excluding hydrogens is 236 g/mol. The van der Waals surface area contributed by atoms with Gasteiger partial charge in [0, 0.05) is 19.6 Å². The highest BCUT2D eigenvalue weighted by Gasteiger charge is 2.25. The molecule has 2 N–H and O–H groups in total. The van der Waals surface area contributed by atoms with Gasteiger partial charge in [-0.1, -0.05) is 24.3 Å². The summed E-state index contributed by atoms with van der Waals surface area (Å²) in [5.74, 6) is 0.579. The molecule has 2 heterocycles. The second-order valence-electron chi connectivity index (χ2n) is 5.81. The maximum absolute atomic E-state index is 6.05. The van der Waals surface area contributed by atoms with Crippen LogP contribution in [0.4, 0.5) is 0 Å². The van der Waals surface area contributed by atoms with Crippen molar-refractivity contribution in [2.24, 2.45) is 0 Å². The van der Waals surface area contributed by atoms with Gasteiger partial charge in [0.15, 0.2) is 0 Å². The van der Waals surface area contributed by atoms with E-state index < -0.39 is 0 Å². The smallest absolute Gasteiger partial charge is 0.0710 e. The van der Waals surface area contributed by atoms with Gasteiger partial charge >= 0.3 is 0 Å². The van der Waals surface area contributed by atoms with Crippen molar-refractivity contribution in [3.8, 4) is 0 Å². The van der Waals surface area contributed by atoms with E-state index >= 15 is 0 Å². The molecule has 0 aliphatic carbocycles. The monoisotopic (exact) mass is 260 g/mol. The first kappa shape index (κ1) is 13.1. The van der Waals surface area contributed by atoms with E-state index in [0.717, 1.165) is 39.0 Å². The van der Waals surface area contributed by atoms with Crippen molar-refractivity contribution in [3.63, 3.8) is 0 Å². The average Bonchev–Trinajstić information content (AvgIpc) is 2.62. The second kappa shape index (κ2) is 6.04. The highest BCUT2D eigenvalue weighted by atomic mass is 16.5. The predicted molar refractivity (Wildman–Crippen MR) is 77.6 cm³/mol. The molecule has 2 aliphatic rings. The third-order valence-corrected chi connectivity index (χ3v) is 4.23. The Bertz CT molecular complexity index is 421. The highest BCUT2D eigenvalue weighted by molar-refractivity contribution is 5.32. The third kappa shape index (κ3) is 3.16. The SMILES string of the molecule is CC1CNCC(CC2CNCCc3ccccc32)O1. The average molecular weight is 260 g/mol. The van der Waals surface area contributed by atoms with Crippen LogP contribution in [-0.2, 0) is 11.2 Å². The lowest BCUT2D eigenvalue weighted by Gasteiger charge is -2.31. The van der Waals surface area contributed by atoms with Crippen molar-refractivity contribution in [2.75, 3.05) is 26.2 Å². The van der Waals surface area contributed by atoms with Gasteiger partial charge in [0.25, 0.3) is 0 Å². The normalized spacial score (nSPS) is 31.5. The Morgan fingerprint density at radius 1 is 1.16 bits per heavy atom. The second-order valence-corrected chi connectivity index (χ2v) is 5.81. The molecule has 0 radical (unpaired) electrons. The van der Waals surface area contributed by atoms with E-state index in [2.05, 4.69) is 41.8 Å². The largest absolute Gasteiger partial charge is 0.373 e. The lowest BCUT2D eigenvalue weighted by atomic mass is 9.89. The number of rotatable bonds is 2. The van der Waals surface area contributed by atoms with Gasteiger partial charge in [-0.15, -0.1) is 0 Å². The first-order valence-electron chi connectivity index (χ1n) is 7.47. The first-order valence-corrected chi connectivity index (χ1v) is 7.47. The Kier molecular flexibility index (Phi) is 4.16. The van der Waals surface area contributed by atoms with Crippen LogP contribution in [0.2, 0.25) is 0 Å². The number of benzene rings is 1.